The highest BCUT2D eigenvalue weighted by molar-refractivity contribution is 6.27. The molecule has 0 heterocycles. The van der Waals surface area contributed by atoms with Gasteiger partial charge in [0.25, 0.3) is 0 Å². The Kier molecular flexibility index (Phi) is 1.84. The van der Waals surface area contributed by atoms with Crippen molar-refractivity contribution in [2.45, 2.75) is 6.92 Å². The van der Waals surface area contributed by atoms with Crippen LogP contribution in [0.2, 0.25) is 0 Å². The lowest BCUT2D eigenvalue weighted by atomic mass is 9.86. The van der Waals surface area contributed by atoms with Gasteiger partial charge in [-0.2, -0.15) is 0 Å². The molecule has 0 saturated heterocycles. The van der Waals surface area contributed by atoms with Gasteiger partial charge in [-0.25, -0.2) is 0 Å². The number of rotatable bonds is 0. The highest BCUT2D eigenvalue weighted by Gasteiger charge is 2.27. The number of carbonyl (C=O) groups excluding carboxylic acids is 1. The van der Waals surface area contributed by atoms with Crippen LogP contribution in [0.25, 0.3) is 38.6 Å². The highest BCUT2D eigenvalue weighted by atomic mass is 16.1. The van der Waals surface area contributed by atoms with Crippen molar-refractivity contribution in [1.82, 2.24) is 0 Å². The molecule has 21 heavy (non-hydrogen) atoms. The van der Waals surface area contributed by atoms with Crippen LogP contribution in [0.3, 0.4) is 0 Å². The molecule has 0 aliphatic heterocycles. The molecule has 0 aromatic heterocycles. The van der Waals surface area contributed by atoms with E-state index in [1.54, 1.807) is 6.08 Å². The third-order valence-corrected chi connectivity index (χ3v) is 4.71. The fraction of sp³-hybridized carbons (Fsp3) is 0.0500. The lowest BCUT2D eigenvalue weighted by molar-refractivity contribution is 0.104. The Labute approximate surface area is 122 Å². The van der Waals surface area contributed by atoms with Gasteiger partial charge in [0.2, 0.25) is 0 Å². The molecule has 0 fully saturated rings. The molecule has 2 aliphatic carbocycles. The van der Waals surface area contributed by atoms with Crippen LogP contribution < -0.4 is 0 Å². The van der Waals surface area contributed by atoms with Crippen LogP contribution in [0.15, 0.2) is 54.6 Å². The van der Waals surface area contributed by atoms with Gasteiger partial charge in [0, 0.05) is 10.9 Å². The Morgan fingerprint density at radius 3 is 1.81 bits per heavy atom. The normalized spacial score (nSPS) is 14.3. The van der Waals surface area contributed by atoms with Crippen molar-refractivity contribution in [3.63, 3.8) is 0 Å². The minimum Gasteiger partial charge on any atom is -0.289 e. The van der Waals surface area contributed by atoms with Gasteiger partial charge in [0.05, 0.1) is 0 Å². The third kappa shape index (κ3) is 1.20. The molecule has 1 nitrogen and oxygen atoms in total. The maximum Gasteiger partial charge on any atom is 0.186 e. The quantitative estimate of drug-likeness (QED) is 0.434. The molecular formula is C20H12O. The molecular weight excluding hydrogens is 256 g/mol. The second kappa shape index (κ2) is 3.50. The molecule has 0 saturated carbocycles. The summed E-state index contributed by atoms with van der Waals surface area (Å²) in [4.78, 5) is 12.3. The molecule has 5 rings (SSSR count). The van der Waals surface area contributed by atoms with Crippen LogP contribution in [0.1, 0.15) is 22.8 Å². The lowest BCUT2D eigenvalue weighted by Gasteiger charge is -2.17. The summed E-state index contributed by atoms with van der Waals surface area (Å²) >= 11 is 0. The molecule has 98 valence electrons. The van der Waals surface area contributed by atoms with Crippen LogP contribution in [-0.4, -0.2) is 5.78 Å². The van der Waals surface area contributed by atoms with E-state index in [2.05, 4.69) is 42.5 Å². The molecule has 0 amide bonds. The summed E-state index contributed by atoms with van der Waals surface area (Å²) in [5.41, 5.74) is 8.15. The van der Waals surface area contributed by atoms with Crippen LogP contribution >= 0.6 is 0 Å². The van der Waals surface area contributed by atoms with Gasteiger partial charge >= 0.3 is 0 Å². The summed E-state index contributed by atoms with van der Waals surface area (Å²) in [5, 5.41) is 2.37. The Bertz CT molecular complexity index is 977. The first-order chi connectivity index (χ1) is 10.3. The second-order valence-corrected chi connectivity index (χ2v) is 5.81. The summed E-state index contributed by atoms with van der Waals surface area (Å²) in [6.07, 6.45) is 1.75. The minimum atomic E-state index is 0.125. The minimum absolute atomic E-state index is 0.125. The van der Waals surface area contributed by atoms with Crippen LogP contribution in [0, 0.1) is 0 Å². The fourth-order valence-corrected chi connectivity index (χ4v) is 3.78. The van der Waals surface area contributed by atoms with E-state index >= 15 is 0 Å². The smallest absolute Gasteiger partial charge is 0.186 e. The number of hydrogen-bond donors (Lipinski definition) is 0. The Morgan fingerprint density at radius 1 is 0.619 bits per heavy atom. The summed E-state index contributed by atoms with van der Waals surface area (Å²) < 4.78 is 0. The van der Waals surface area contributed by atoms with E-state index in [0.29, 0.717) is 0 Å². The number of benzene rings is 3. The zero-order valence-corrected chi connectivity index (χ0v) is 11.6. The third-order valence-electron chi connectivity index (χ3n) is 4.71. The van der Waals surface area contributed by atoms with Crippen LogP contribution in [0.5, 0.6) is 0 Å². The summed E-state index contributed by atoms with van der Waals surface area (Å²) in [7, 11) is 0. The molecule has 0 unspecified atom stereocenters. The summed E-state index contributed by atoms with van der Waals surface area (Å²) in [6.45, 7) is 2.02. The van der Waals surface area contributed by atoms with Gasteiger partial charge in [-0.3, -0.25) is 4.79 Å². The predicted molar refractivity (Wildman–Crippen MR) is 86.4 cm³/mol. The molecule has 1 heteroatoms. The van der Waals surface area contributed by atoms with Crippen LogP contribution in [-0.2, 0) is 0 Å². The first-order valence-corrected chi connectivity index (χ1v) is 7.18. The van der Waals surface area contributed by atoms with E-state index in [4.69, 9.17) is 0 Å². The van der Waals surface area contributed by atoms with Gasteiger partial charge in [-0.05, 0) is 57.8 Å². The Balaban J connectivity index is 2.06. The standard InChI is InChI=1S/C20H12O/c1-11-10-18(21)17-9-8-16-14-5-3-2-4-13(14)15-7-6-12(11)19(17)20(15)16/h2-10H,1H3. The molecule has 3 aromatic carbocycles. The van der Waals surface area contributed by atoms with Gasteiger partial charge in [0.1, 0.15) is 0 Å². The van der Waals surface area contributed by atoms with Crippen molar-refractivity contribution in [2.75, 3.05) is 0 Å². The maximum absolute atomic E-state index is 12.3. The molecule has 2 aliphatic rings. The van der Waals surface area contributed by atoms with E-state index in [0.717, 1.165) is 16.5 Å². The Hall–Kier alpha value is -2.67. The van der Waals surface area contributed by atoms with Gasteiger partial charge < -0.3 is 0 Å². The van der Waals surface area contributed by atoms with Gasteiger partial charge in [-0.1, -0.05) is 42.5 Å². The molecule has 0 atom stereocenters. The molecule has 3 aromatic rings. The zero-order chi connectivity index (χ0) is 14.1. The van der Waals surface area contributed by atoms with Crippen LogP contribution in [0.4, 0.5) is 0 Å². The largest absolute Gasteiger partial charge is 0.289 e. The summed E-state index contributed by atoms with van der Waals surface area (Å²) in [5.74, 6) is 0.125. The number of fused-ring (bicyclic) bond motifs is 3. The van der Waals surface area contributed by atoms with E-state index in [1.165, 1.54) is 33.2 Å². The monoisotopic (exact) mass is 268 g/mol. The molecule has 0 spiro atoms. The maximum atomic E-state index is 12.3. The Morgan fingerprint density at radius 2 is 1.14 bits per heavy atom. The lowest BCUT2D eigenvalue weighted by Crippen LogP contribution is -2.04. The van der Waals surface area contributed by atoms with Crippen molar-refractivity contribution in [1.29, 1.82) is 0 Å². The van der Waals surface area contributed by atoms with Crippen molar-refractivity contribution in [3.8, 4) is 22.3 Å². The van der Waals surface area contributed by atoms with E-state index in [9.17, 15) is 4.79 Å². The van der Waals surface area contributed by atoms with Gasteiger partial charge in [0.15, 0.2) is 5.78 Å². The molecule has 0 bridgehead atoms. The van der Waals surface area contributed by atoms with E-state index in [-0.39, 0.29) is 5.78 Å². The average Bonchev–Trinajstić information content (AvgIpc) is 2.83. The first-order valence-electron chi connectivity index (χ1n) is 7.18. The first kappa shape index (κ1) is 11.0. The van der Waals surface area contributed by atoms with Crippen molar-refractivity contribution >= 4 is 22.1 Å². The topological polar surface area (TPSA) is 17.1 Å². The SMILES string of the molecule is CC1=CC(=O)c2ccc3c4c(ccc1c24)-c1ccccc1-3. The van der Waals surface area contributed by atoms with Crippen molar-refractivity contribution < 1.29 is 4.79 Å². The van der Waals surface area contributed by atoms with E-state index < -0.39 is 0 Å². The van der Waals surface area contributed by atoms with E-state index in [1.807, 2.05) is 13.0 Å². The second-order valence-electron chi connectivity index (χ2n) is 5.81. The number of carbonyl (C=O) groups is 1. The van der Waals surface area contributed by atoms with Crippen molar-refractivity contribution in [2.24, 2.45) is 0 Å². The predicted octanol–water partition coefficient (Wildman–Crippen LogP) is 5.09. The van der Waals surface area contributed by atoms with Gasteiger partial charge in [-0.15, -0.1) is 0 Å². The zero-order valence-electron chi connectivity index (χ0n) is 11.6. The number of ketones is 1. The molecule has 0 N–H and O–H groups in total. The number of allylic oxidation sites excluding steroid dienone is 2. The number of hydrogen-bond acceptors (Lipinski definition) is 1. The molecule has 0 radical (unpaired) electrons. The fourth-order valence-electron chi connectivity index (χ4n) is 3.78. The summed E-state index contributed by atoms with van der Waals surface area (Å²) in [6, 6.07) is 16.9. The van der Waals surface area contributed by atoms with Crippen molar-refractivity contribution in [3.05, 3.63) is 65.7 Å². The highest BCUT2D eigenvalue weighted by Crippen LogP contribution is 2.50. The average molecular weight is 268 g/mol.